The topological polar surface area (TPSA) is 67.9 Å². The zero-order valence-electron chi connectivity index (χ0n) is 14.1. The van der Waals surface area contributed by atoms with Crippen molar-refractivity contribution in [2.45, 2.75) is 58.1 Å². The number of ether oxygens (including phenoxy) is 2. The molecule has 0 aromatic rings. The molecule has 2 aliphatic heterocycles. The number of hydrogen-bond acceptors (Lipinski definition) is 5. The molecule has 2 rings (SSSR count). The van der Waals surface area contributed by atoms with Crippen molar-refractivity contribution >= 4 is 12.1 Å². The number of hydrogen-bond donors (Lipinski definition) is 1. The summed E-state index contributed by atoms with van der Waals surface area (Å²) >= 11 is 0. The van der Waals surface area contributed by atoms with Gasteiger partial charge in [-0.1, -0.05) is 0 Å². The van der Waals surface area contributed by atoms with Gasteiger partial charge in [0.1, 0.15) is 5.60 Å². The van der Waals surface area contributed by atoms with E-state index < -0.39 is 5.60 Å². The molecule has 22 heavy (non-hydrogen) atoms. The molecule has 1 unspecified atom stereocenters. The predicted molar refractivity (Wildman–Crippen MR) is 82.5 cm³/mol. The summed E-state index contributed by atoms with van der Waals surface area (Å²) in [6.07, 6.45) is 2.06. The molecule has 6 nitrogen and oxygen atoms in total. The van der Waals surface area contributed by atoms with Crippen molar-refractivity contribution in [1.29, 1.82) is 0 Å². The lowest BCUT2D eigenvalue weighted by atomic mass is 9.78. The fourth-order valence-electron chi connectivity index (χ4n) is 3.39. The highest BCUT2D eigenvalue weighted by molar-refractivity contribution is 5.75. The minimum atomic E-state index is -0.481. The number of piperidine rings is 1. The number of likely N-dealkylation sites (tertiary alicyclic amines) is 1. The monoisotopic (exact) mass is 312 g/mol. The quantitative estimate of drug-likeness (QED) is 0.789. The molecule has 1 spiro atoms. The van der Waals surface area contributed by atoms with Gasteiger partial charge in [0, 0.05) is 18.6 Å². The van der Waals surface area contributed by atoms with E-state index in [9.17, 15) is 9.59 Å². The molecule has 0 aromatic carbocycles. The lowest BCUT2D eigenvalue weighted by Gasteiger charge is -2.42. The van der Waals surface area contributed by atoms with Gasteiger partial charge in [0.25, 0.3) is 0 Å². The lowest BCUT2D eigenvalue weighted by molar-refractivity contribution is -0.150. The highest BCUT2D eigenvalue weighted by Gasteiger charge is 2.49. The first kappa shape index (κ1) is 17.1. The van der Waals surface area contributed by atoms with Crippen LogP contribution in [0.15, 0.2) is 0 Å². The molecule has 2 saturated heterocycles. The van der Waals surface area contributed by atoms with Crippen LogP contribution in [0.3, 0.4) is 0 Å². The molecule has 0 bridgehead atoms. The van der Waals surface area contributed by atoms with Crippen molar-refractivity contribution in [1.82, 2.24) is 10.2 Å². The fourth-order valence-corrected chi connectivity index (χ4v) is 3.39. The third kappa shape index (κ3) is 3.72. The Labute approximate surface area is 132 Å². The summed E-state index contributed by atoms with van der Waals surface area (Å²) < 4.78 is 10.6. The molecule has 6 heteroatoms. The number of carbonyl (C=O) groups is 2. The van der Waals surface area contributed by atoms with Crippen molar-refractivity contribution in [3.63, 3.8) is 0 Å². The van der Waals surface area contributed by atoms with Gasteiger partial charge in [-0.25, -0.2) is 4.79 Å². The summed E-state index contributed by atoms with van der Waals surface area (Å²) in [5, 5.41) is 3.49. The highest BCUT2D eigenvalue weighted by atomic mass is 16.6. The molecule has 0 saturated carbocycles. The number of esters is 1. The number of nitrogens with zero attached hydrogens (tertiary/aromatic N) is 1. The SMILES string of the molecule is CCOC(=O)C1CCNC12CCN(C(=O)OC(C)(C)C)CC2. The van der Waals surface area contributed by atoms with Gasteiger partial charge in [-0.05, 0) is 53.5 Å². The third-order valence-corrected chi connectivity index (χ3v) is 4.46. The second kappa shape index (κ2) is 6.44. The highest BCUT2D eigenvalue weighted by Crippen LogP contribution is 2.37. The second-order valence-corrected chi connectivity index (χ2v) is 7.14. The number of carbonyl (C=O) groups excluding carboxylic acids is 2. The minimum Gasteiger partial charge on any atom is -0.466 e. The van der Waals surface area contributed by atoms with Gasteiger partial charge in [-0.15, -0.1) is 0 Å². The standard InChI is InChI=1S/C16H28N2O4/c1-5-21-13(19)12-6-9-17-16(12)7-10-18(11-8-16)14(20)22-15(2,3)4/h12,17H,5-11H2,1-4H3. The molecule has 1 N–H and O–H groups in total. The van der Waals surface area contributed by atoms with E-state index in [2.05, 4.69) is 5.32 Å². The third-order valence-electron chi connectivity index (χ3n) is 4.46. The molecular weight excluding hydrogens is 284 g/mol. The second-order valence-electron chi connectivity index (χ2n) is 7.14. The molecule has 126 valence electrons. The van der Waals surface area contributed by atoms with Crippen LogP contribution in [0, 0.1) is 5.92 Å². The van der Waals surface area contributed by atoms with Crippen molar-refractivity contribution in [3.05, 3.63) is 0 Å². The Kier molecular flexibility index (Phi) is 5.00. The van der Waals surface area contributed by atoms with Gasteiger partial charge in [0.2, 0.25) is 0 Å². The molecule has 1 amide bonds. The fraction of sp³-hybridized carbons (Fsp3) is 0.875. The van der Waals surface area contributed by atoms with E-state index in [1.165, 1.54) is 0 Å². The normalized spacial score (nSPS) is 24.4. The van der Waals surface area contributed by atoms with Gasteiger partial charge >= 0.3 is 12.1 Å². The number of nitrogens with one attached hydrogen (secondary N) is 1. The summed E-state index contributed by atoms with van der Waals surface area (Å²) in [5.74, 6) is -0.216. The van der Waals surface area contributed by atoms with Gasteiger partial charge in [0.05, 0.1) is 12.5 Å². The molecular formula is C16H28N2O4. The molecule has 0 radical (unpaired) electrons. The largest absolute Gasteiger partial charge is 0.466 e. The van der Waals surface area contributed by atoms with Gasteiger partial charge in [-0.2, -0.15) is 0 Å². The Bertz CT molecular complexity index is 422. The van der Waals surface area contributed by atoms with Crippen LogP contribution in [0.5, 0.6) is 0 Å². The van der Waals surface area contributed by atoms with E-state index in [1.807, 2.05) is 27.7 Å². The van der Waals surface area contributed by atoms with Crippen molar-refractivity contribution < 1.29 is 19.1 Å². The van der Waals surface area contributed by atoms with Crippen molar-refractivity contribution in [3.8, 4) is 0 Å². The van der Waals surface area contributed by atoms with E-state index >= 15 is 0 Å². The summed E-state index contributed by atoms with van der Waals surface area (Å²) in [4.78, 5) is 26.0. The predicted octanol–water partition coefficient (Wildman–Crippen LogP) is 1.93. The van der Waals surface area contributed by atoms with E-state index in [-0.39, 0.29) is 23.5 Å². The van der Waals surface area contributed by atoms with Crippen LogP contribution >= 0.6 is 0 Å². The molecule has 0 aromatic heterocycles. The van der Waals surface area contributed by atoms with Crippen LogP contribution in [-0.2, 0) is 14.3 Å². The maximum atomic E-state index is 12.2. The van der Waals surface area contributed by atoms with Gasteiger partial charge in [0.15, 0.2) is 0 Å². The maximum absolute atomic E-state index is 12.2. The Morgan fingerprint density at radius 3 is 2.45 bits per heavy atom. The molecule has 0 aliphatic carbocycles. The Morgan fingerprint density at radius 1 is 1.27 bits per heavy atom. The first-order valence-electron chi connectivity index (χ1n) is 8.17. The van der Waals surface area contributed by atoms with Crippen LogP contribution < -0.4 is 5.32 Å². The van der Waals surface area contributed by atoms with E-state index in [4.69, 9.17) is 9.47 Å². The van der Waals surface area contributed by atoms with Gasteiger partial charge < -0.3 is 19.7 Å². The smallest absolute Gasteiger partial charge is 0.410 e. The van der Waals surface area contributed by atoms with Crippen LogP contribution in [0.2, 0.25) is 0 Å². The summed E-state index contributed by atoms with van der Waals surface area (Å²) in [5.41, 5.74) is -0.698. The zero-order valence-corrected chi connectivity index (χ0v) is 14.1. The maximum Gasteiger partial charge on any atom is 0.410 e. The van der Waals surface area contributed by atoms with Crippen LogP contribution in [0.25, 0.3) is 0 Å². The van der Waals surface area contributed by atoms with Crippen molar-refractivity contribution in [2.75, 3.05) is 26.2 Å². The van der Waals surface area contributed by atoms with E-state index in [0.29, 0.717) is 19.7 Å². The number of amides is 1. The van der Waals surface area contributed by atoms with Crippen LogP contribution in [0.4, 0.5) is 4.79 Å². The lowest BCUT2D eigenvalue weighted by Crippen LogP contribution is -2.56. The first-order valence-corrected chi connectivity index (χ1v) is 8.17. The summed E-state index contributed by atoms with van der Waals surface area (Å²) in [6, 6.07) is 0. The van der Waals surface area contributed by atoms with Crippen molar-refractivity contribution in [2.24, 2.45) is 5.92 Å². The van der Waals surface area contributed by atoms with Gasteiger partial charge in [-0.3, -0.25) is 4.79 Å². The Balaban J connectivity index is 1.95. The molecule has 2 aliphatic rings. The van der Waals surface area contributed by atoms with Crippen LogP contribution in [-0.4, -0.2) is 54.3 Å². The van der Waals surface area contributed by atoms with E-state index in [1.54, 1.807) is 4.90 Å². The Morgan fingerprint density at radius 2 is 1.91 bits per heavy atom. The summed E-state index contributed by atoms with van der Waals surface area (Å²) in [6.45, 7) is 9.89. The molecule has 2 heterocycles. The average Bonchev–Trinajstić information content (AvgIpc) is 2.81. The molecule has 1 atom stereocenters. The Hall–Kier alpha value is -1.30. The molecule has 2 fully saturated rings. The first-order chi connectivity index (χ1) is 10.3. The summed E-state index contributed by atoms with van der Waals surface area (Å²) in [7, 11) is 0. The zero-order chi connectivity index (χ0) is 16.4. The van der Waals surface area contributed by atoms with Crippen LogP contribution in [0.1, 0.15) is 47.0 Å². The number of rotatable bonds is 2. The van der Waals surface area contributed by atoms with E-state index in [0.717, 1.165) is 25.8 Å². The minimum absolute atomic E-state index is 0.103. The average molecular weight is 312 g/mol.